The fourth-order valence-electron chi connectivity index (χ4n) is 3.61. The number of amides is 2. The molecule has 1 atom stereocenters. The van der Waals surface area contributed by atoms with Gasteiger partial charge in [-0.3, -0.25) is 9.59 Å². The van der Waals surface area contributed by atoms with Crippen LogP contribution in [-0.4, -0.2) is 23.3 Å². The summed E-state index contributed by atoms with van der Waals surface area (Å²) in [5.41, 5.74) is 4.14. The van der Waals surface area contributed by atoms with Gasteiger partial charge in [-0.15, -0.1) is 0 Å². The number of benzene rings is 2. The molecule has 0 bridgehead atoms. The largest absolute Gasteiger partial charge is 0.338 e. The zero-order valence-electron chi connectivity index (χ0n) is 16.6. The van der Waals surface area contributed by atoms with Crippen LogP contribution in [0.3, 0.4) is 0 Å². The van der Waals surface area contributed by atoms with Crippen LogP contribution < -0.4 is 5.32 Å². The lowest BCUT2D eigenvalue weighted by atomic mass is 9.85. The summed E-state index contributed by atoms with van der Waals surface area (Å²) in [7, 11) is 0. The number of likely N-dealkylation sites (tertiary alicyclic amines) is 1. The highest BCUT2D eigenvalue weighted by atomic mass is 16.2. The van der Waals surface area contributed by atoms with E-state index in [1.807, 2.05) is 49.4 Å². The number of carbonyl (C=O) groups excluding carboxylic acids is 2. The van der Waals surface area contributed by atoms with Gasteiger partial charge in [-0.25, -0.2) is 0 Å². The van der Waals surface area contributed by atoms with Crippen molar-refractivity contribution in [3.05, 3.63) is 65.2 Å². The molecule has 2 aromatic carbocycles. The molecule has 1 unspecified atom stereocenters. The van der Waals surface area contributed by atoms with Gasteiger partial charge >= 0.3 is 0 Å². The summed E-state index contributed by atoms with van der Waals surface area (Å²) in [6, 6.07) is 16.0. The van der Waals surface area contributed by atoms with Crippen LogP contribution in [0.4, 0.5) is 5.69 Å². The van der Waals surface area contributed by atoms with E-state index < -0.39 is 0 Å². The summed E-state index contributed by atoms with van der Waals surface area (Å²) < 4.78 is 0. The van der Waals surface area contributed by atoms with E-state index in [1.165, 1.54) is 5.56 Å². The number of carbonyl (C=O) groups is 2. The van der Waals surface area contributed by atoms with Crippen molar-refractivity contribution in [1.29, 1.82) is 0 Å². The first kappa shape index (κ1) is 19.2. The number of hydrogen-bond donors (Lipinski definition) is 1. The number of para-hydroxylation sites is 1. The third-order valence-corrected chi connectivity index (χ3v) is 5.03. The van der Waals surface area contributed by atoms with Gasteiger partial charge in [0.25, 0.3) is 0 Å². The SMILES string of the molecule is Cc1cccc(CN2CC(C(=O)Nc3ccccc3C(C)(C)C)CC2=O)c1. The third-order valence-electron chi connectivity index (χ3n) is 5.03. The van der Waals surface area contributed by atoms with Crippen molar-refractivity contribution in [2.45, 2.75) is 46.1 Å². The Hall–Kier alpha value is -2.62. The number of aryl methyl sites for hydroxylation is 1. The average Bonchev–Trinajstić information content (AvgIpc) is 2.95. The minimum Gasteiger partial charge on any atom is -0.338 e. The van der Waals surface area contributed by atoms with Gasteiger partial charge in [-0.05, 0) is 29.5 Å². The van der Waals surface area contributed by atoms with Gasteiger partial charge in [-0.2, -0.15) is 0 Å². The summed E-state index contributed by atoms with van der Waals surface area (Å²) in [6.07, 6.45) is 0.273. The van der Waals surface area contributed by atoms with Gasteiger partial charge in [-0.1, -0.05) is 68.8 Å². The molecule has 1 aliphatic heterocycles. The highest BCUT2D eigenvalue weighted by molar-refractivity contribution is 5.97. The molecule has 0 saturated carbocycles. The Bertz CT molecular complexity index is 851. The van der Waals surface area contributed by atoms with Crippen LogP contribution in [0.2, 0.25) is 0 Å². The standard InChI is InChI=1S/C23H28N2O2/c1-16-8-7-9-17(12-16)14-25-15-18(13-21(25)26)22(27)24-20-11-6-5-10-19(20)23(2,3)4/h5-12,18H,13-15H2,1-4H3,(H,24,27). The number of nitrogens with zero attached hydrogens (tertiary/aromatic N) is 1. The minimum absolute atomic E-state index is 0.0424. The molecule has 4 nitrogen and oxygen atoms in total. The lowest BCUT2D eigenvalue weighted by Crippen LogP contribution is -2.28. The second-order valence-corrected chi connectivity index (χ2v) is 8.45. The monoisotopic (exact) mass is 364 g/mol. The van der Waals surface area contributed by atoms with E-state index in [0.717, 1.165) is 16.8 Å². The van der Waals surface area contributed by atoms with Gasteiger partial charge in [0.2, 0.25) is 11.8 Å². The summed E-state index contributed by atoms with van der Waals surface area (Å²) in [5, 5.41) is 3.06. The number of anilines is 1. The highest BCUT2D eigenvalue weighted by Gasteiger charge is 2.34. The Kier molecular flexibility index (Phi) is 5.36. The first-order valence-electron chi connectivity index (χ1n) is 9.48. The molecule has 0 radical (unpaired) electrons. The first-order chi connectivity index (χ1) is 12.7. The molecule has 0 aromatic heterocycles. The summed E-state index contributed by atoms with van der Waals surface area (Å²) in [6.45, 7) is 9.44. The Morgan fingerprint density at radius 2 is 1.89 bits per heavy atom. The van der Waals surface area contributed by atoms with E-state index in [-0.39, 0.29) is 29.6 Å². The number of nitrogens with one attached hydrogen (secondary N) is 1. The third kappa shape index (κ3) is 4.57. The van der Waals surface area contributed by atoms with E-state index in [1.54, 1.807) is 4.90 Å². The van der Waals surface area contributed by atoms with E-state index in [0.29, 0.717) is 13.1 Å². The molecule has 1 N–H and O–H groups in total. The number of rotatable bonds is 4. The lowest BCUT2D eigenvalue weighted by Gasteiger charge is -2.23. The van der Waals surface area contributed by atoms with Crippen molar-refractivity contribution < 1.29 is 9.59 Å². The summed E-state index contributed by atoms with van der Waals surface area (Å²) in [4.78, 5) is 27.0. The smallest absolute Gasteiger partial charge is 0.229 e. The van der Waals surface area contributed by atoms with Crippen LogP contribution in [-0.2, 0) is 21.5 Å². The molecule has 27 heavy (non-hydrogen) atoms. The van der Waals surface area contributed by atoms with Crippen molar-refractivity contribution in [2.24, 2.45) is 5.92 Å². The first-order valence-corrected chi connectivity index (χ1v) is 9.48. The van der Waals surface area contributed by atoms with E-state index >= 15 is 0 Å². The van der Waals surface area contributed by atoms with Gasteiger partial charge in [0.1, 0.15) is 0 Å². The quantitative estimate of drug-likeness (QED) is 0.880. The van der Waals surface area contributed by atoms with Gasteiger partial charge in [0.05, 0.1) is 5.92 Å². The van der Waals surface area contributed by atoms with Crippen molar-refractivity contribution in [2.75, 3.05) is 11.9 Å². The lowest BCUT2D eigenvalue weighted by molar-refractivity contribution is -0.128. The van der Waals surface area contributed by atoms with Gasteiger partial charge < -0.3 is 10.2 Å². The van der Waals surface area contributed by atoms with E-state index in [2.05, 4.69) is 32.2 Å². The van der Waals surface area contributed by atoms with Crippen molar-refractivity contribution in [3.8, 4) is 0 Å². The maximum atomic E-state index is 12.8. The maximum absolute atomic E-state index is 12.8. The molecule has 1 saturated heterocycles. The van der Waals surface area contributed by atoms with Crippen LogP contribution in [0.15, 0.2) is 48.5 Å². The summed E-state index contributed by atoms with van der Waals surface area (Å²) >= 11 is 0. The normalized spacial score (nSPS) is 17.3. The zero-order valence-corrected chi connectivity index (χ0v) is 16.6. The predicted octanol–water partition coefficient (Wildman–Crippen LogP) is 4.28. The highest BCUT2D eigenvalue weighted by Crippen LogP contribution is 2.30. The Balaban J connectivity index is 1.68. The number of hydrogen-bond acceptors (Lipinski definition) is 2. The Morgan fingerprint density at radius 3 is 2.59 bits per heavy atom. The maximum Gasteiger partial charge on any atom is 0.229 e. The molecule has 1 aliphatic rings. The second-order valence-electron chi connectivity index (χ2n) is 8.45. The second kappa shape index (κ2) is 7.55. The van der Waals surface area contributed by atoms with Crippen LogP contribution in [0, 0.1) is 12.8 Å². The molecular weight excluding hydrogens is 336 g/mol. The predicted molar refractivity (Wildman–Crippen MR) is 108 cm³/mol. The van der Waals surface area contributed by atoms with E-state index in [9.17, 15) is 9.59 Å². The zero-order chi connectivity index (χ0) is 19.6. The van der Waals surface area contributed by atoms with Crippen molar-refractivity contribution >= 4 is 17.5 Å². The Labute approximate surface area is 161 Å². The molecule has 1 fully saturated rings. The molecule has 142 valence electrons. The molecule has 0 spiro atoms. The van der Waals surface area contributed by atoms with Crippen molar-refractivity contribution in [1.82, 2.24) is 4.90 Å². The van der Waals surface area contributed by atoms with Crippen LogP contribution in [0.25, 0.3) is 0 Å². The molecule has 0 aliphatic carbocycles. The summed E-state index contributed by atoms with van der Waals surface area (Å²) in [5.74, 6) is -0.345. The average molecular weight is 364 g/mol. The van der Waals surface area contributed by atoms with E-state index in [4.69, 9.17) is 0 Å². The van der Waals surface area contributed by atoms with Crippen molar-refractivity contribution in [3.63, 3.8) is 0 Å². The molecule has 3 rings (SSSR count). The van der Waals surface area contributed by atoms with Gasteiger partial charge in [0, 0.05) is 25.2 Å². The topological polar surface area (TPSA) is 49.4 Å². The fourth-order valence-corrected chi connectivity index (χ4v) is 3.61. The molecule has 2 amide bonds. The van der Waals surface area contributed by atoms with Gasteiger partial charge in [0.15, 0.2) is 0 Å². The fraction of sp³-hybridized carbons (Fsp3) is 0.391. The van der Waals surface area contributed by atoms with Crippen LogP contribution in [0.1, 0.15) is 43.9 Å². The van der Waals surface area contributed by atoms with Crippen LogP contribution >= 0.6 is 0 Å². The minimum atomic E-state index is -0.310. The molecule has 2 aromatic rings. The molecule has 4 heteroatoms. The molecule has 1 heterocycles. The van der Waals surface area contributed by atoms with Crippen LogP contribution in [0.5, 0.6) is 0 Å². The Morgan fingerprint density at radius 1 is 1.15 bits per heavy atom. The molecular formula is C23H28N2O2.